The highest BCUT2D eigenvalue weighted by atomic mass is 16.5. The minimum atomic E-state index is -0.878. The average Bonchev–Trinajstić information content (AvgIpc) is 2.57. The van der Waals surface area contributed by atoms with Gasteiger partial charge in [-0.2, -0.15) is 0 Å². The fourth-order valence-corrected chi connectivity index (χ4v) is 1.89. The Morgan fingerprint density at radius 2 is 1.87 bits per heavy atom. The van der Waals surface area contributed by atoms with Gasteiger partial charge in [0, 0.05) is 25.0 Å². The SMILES string of the molecule is COc1ccc(CCNC(=O)C(=O)Nc2c[nH]ccc2=O)cc1. The molecular formula is C16H17N3O4. The summed E-state index contributed by atoms with van der Waals surface area (Å²) >= 11 is 0. The third-order valence-corrected chi connectivity index (χ3v) is 3.14. The number of benzene rings is 1. The van der Waals surface area contributed by atoms with Crippen molar-refractivity contribution in [2.75, 3.05) is 19.0 Å². The molecule has 2 amide bonds. The van der Waals surface area contributed by atoms with Gasteiger partial charge in [-0.25, -0.2) is 0 Å². The first-order valence-corrected chi connectivity index (χ1v) is 6.99. The van der Waals surface area contributed by atoms with E-state index in [2.05, 4.69) is 15.6 Å². The zero-order valence-electron chi connectivity index (χ0n) is 12.6. The van der Waals surface area contributed by atoms with Gasteiger partial charge in [0.25, 0.3) is 0 Å². The number of anilines is 1. The molecule has 120 valence electrons. The summed E-state index contributed by atoms with van der Waals surface area (Å²) in [5.74, 6) is -0.913. The quantitative estimate of drug-likeness (QED) is 0.706. The van der Waals surface area contributed by atoms with E-state index in [-0.39, 0.29) is 11.1 Å². The Balaban J connectivity index is 1.81. The summed E-state index contributed by atoms with van der Waals surface area (Å²) in [7, 11) is 1.59. The molecule has 3 N–H and O–H groups in total. The maximum absolute atomic E-state index is 11.7. The Labute approximate surface area is 132 Å². The molecule has 1 aromatic carbocycles. The van der Waals surface area contributed by atoms with E-state index in [0.29, 0.717) is 13.0 Å². The fourth-order valence-electron chi connectivity index (χ4n) is 1.89. The predicted octanol–water partition coefficient (Wildman–Crippen LogP) is 0.681. The van der Waals surface area contributed by atoms with Gasteiger partial charge in [-0.15, -0.1) is 0 Å². The van der Waals surface area contributed by atoms with E-state index in [9.17, 15) is 14.4 Å². The number of rotatable bonds is 5. The molecule has 7 heteroatoms. The molecule has 1 aromatic heterocycles. The van der Waals surface area contributed by atoms with Crippen LogP contribution in [0.5, 0.6) is 5.75 Å². The number of nitrogens with one attached hydrogen (secondary N) is 3. The monoisotopic (exact) mass is 315 g/mol. The van der Waals surface area contributed by atoms with Crippen molar-refractivity contribution in [3.63, 3.8) is 0 Å². The van der Waals surface area contributed by atoms with Crippen LogP contribution in [-0.4, -0.2) is 30.5 Å². The van der Waals surface area contributed by atoms with E-state index in [1.807, 2.05) is 24.3 Å². The highest BCUT2D eigenvalue weighted by Crippen LogP contribution is 2.11. The second-order valence-electron chi connectivity index (χ2n) is 4.73. The van der Waals surface area contributed by atoms with Crippen LogP contribution >= 0.6 is 0 Å². The lowest BCUT2D eigenvalue weighted by molar-refractivity contribution is -0.136. The molecule has 0 aliphatic rings. The molecule has 1 heterocycles. The van der Waals surface area contributed by atoms with E-state index < -0.39 is 11.8 Å². The van der Waals surface area contributed by atoms with Gasteiger partial charge in [-0.05, 0) is 24.1 Å². The summed E-state index contributed by atoms with van der Waals surface area (Å²) in [4.78, 5) is 37.5. The van der Waals surface area contributed by atoms with Crippen LogP contribution in [0.2, 0.25) is 0 Å². The molecular weight excluding hydrogens is 298 g/mol. The van der Waals surface area contributed by atoms with E-state index in [0.717, 1.165) is 11.3 Å². The number of carbonyl (C=O) groups excluding carboxylic acids is 2. The van der Waals surface area contributed by atoms with Gasteiger partial charge in [0.1, 0.15) is 11.4 Å². The molecule has 0 aliphatic carbocycles. The van der Waals surface area contributed by atoms with Gasteiger partial charge in [0.15, 0.2) is 0 Å². The first-order chi connectivity index (χ1) is 11.1. The van der Waals surface area contributed by atoms with E-state index in [1.165, 1.54) is 18.5 Å². The fraction of sp³-hybridized carbons (Fsp3) is 0.188. The smallest absolute Gasteiger partial charge is 0.313 e. The number of H-pyrrole nitrogens is 1. The third-order valence-electron chi connectivity index (χ3n) is 3.14. The first kappa shape index (κ1) is 16.3. The molecule has 2 rings (SSSR count). The number of hydrogen-bond acceptors (Lipinski definition) is 4. The van der Waals surface area contributed by atoms with Crippen molar-refractivity contribution in [1.82, 2.24) is 10.3 Å². The van der Waals surface area contributed by atoms with Crippen LogP contribution < -0.4 is 20.8 Å². The van der Waals surface area contributed by atoms with Crippen molar-refractivity contribution in [3.8, 4) is 5.75 Å². The predicted molar refractivity (Wildman–Crippen MR) is 85.4 cm³/mol. The topological polar surface area (TPSA) is 100 Å². The molecule has 2 aromatic rings. The molecule has 0 aliphatic heterocycles. The van der Waals surface area contributed by atoms with Crippen LogP contribution in [0.3, 0.4) is 0 Å². The normalized spacial score (nSPS) is 9.96. The number of aromatic amines is 1. The Bertz CT molecular complexity index is 737. The molecule has 0 radical (unpaired) electrons. The van der Waals surface area contributed by atoms with E-state index in [1.54, 1.807) is 7.11 Å². The lowest BCUT2D eigenvalue weighted by Gasteiger charge is -2.06. The summed E-state index contributed by atoms with van der Waals surface area (Å²) in [6, 6.07) is 8.68. The summed E-state index contributed by atoms with van der Waals surface area (Å²) in [6.07, 6.45) is 3.34. The summed E-state index contributed by atoms with van der Waals surface area (Å²) < 4.78 is 5.06. The molecule has 0 fully saturated rings. The van der Waals surface area contributed by atoms with Crippen molar-refractivity contribution in [3.05, 3.63) is 58.5 Å². The highest BCUT2D eigenvalue weighted by molar-refractivity contribution is 6.39. The lowest BCUT2D eigenvalue weighted by atomic mass is 10.1. The molecule has 0 saturated heterocycles. The Hall–Kier alpha value is -3.09. The Morgan fingerprint density at radius 3 is 2.52 bits per heavy atom. The Morgan fingerprint density at radius 1 is 1.13 bits per heavy atom. The van der Waals surface area contributed by atoms with Gasteiger partial charge in [-0.1, -0.05) is 12.1 Å². The van der Waals surface area contributed by atoms with Gasteiger partial charge in [0.05, 0.1) is 7.11 Å². The van der Waals surface area contributed by atoms with Crippen LogP contribution in [0.1, 0.15) is 5.56 Å². The lowest BCUT2D eigenvalue weighted by Crippen LogP contribution is -2.37. The van der Waals surface area contributed by atoms with Crippen molar-refractivity contribution >= 4 is 17.5 Å². The maximum Gasteiger partial charge on any atom is 0.313 e. The van der Waals surface area contributed by atoms with Gasteiger partial charge in [0.2, 0.25) is 5.43 Å². The number of pyridine rings is 1. The van der Waals surface area contributed by atoms with Crippen molar-refractivity contribution in [1.29, 1.82) is 0 Å². The molecule has 7 nitrogen and oxygen atoms in total. The largest absolute Gasteiger partial charge is 0.497 e. The Kier molecular flexibility index (Phi) is 5.51. The first-order valence-electron chi connectivity index (χ1n) is 6.99. The number of ether oxygens (including phenoxy) is 1. The van der Waals surface area contributed by atoms with Gasteiger partial charge < -0.3 is 20.4 Å². The zero-order chi connectivity index (χ0) is 16.7. The standard InChI is InChI=1S/C16H17N3O4/c1-23-12-4-2-11(3-5-12)6-9-18-15(21)16(22)19-13-10-17-8-7-14(13)20/h2-5,7-8,10H,6,9H2,1H3,(H,17,20)(H,18,21)(H,19,22). The van der Waals surface area contributed by atoms with E-state index in [4.69, 9.17) is 4.74 Å². The van der Waals surface area contributed by atoms with Crippen LogP contribution in [0.4, 0.5) is 5.69 Å². The summed E-state index contributed by atoms with van der Waals surface area (Å²) in [5, 5.41) is 4.77. The van der Waals surface area contributed by atoms with Crippen LogP contribution in [0.15, 0.2) is 47.5 Å². The van der Waals surface area contributed by atoms with Crippen LogP contribution in [0, 0.1) is 0 Å². The molecule has 0 unspecified atom stereocenters. The summed E-state index contributed by atoms with van der Waals surface area (Å²) in [5.41, 5.74) is 0.664. The van der Waals surface area contributed by atoms with Crippen molar-refractivity contribution < 1.29 is 14.3 Å². The number of hydrogen-bond donors (Lipinski definition) is 3. The minimum absolute atomic E-state index is 0.0304. The zero-order valence-corrected chi connectivity index (χ0v) is 12.6. The molecule has 0 bridgehead atoms. The van der Waals surface area contributed by atoms with Crippen molar-refractivity contribution in [2.45, 2.75) is 6.42 Å². The van der Waals surface area contributed by atoms with E-state index >= 15 is 0 Å². The average molecular weight is 315 g/mol. The van der Waals surface area contributed by atoms with Crippen LogP contribution in [0.25, 0.3) is 0 Å². The van der Waals surface area contributed by atoms with Crippen molar-refractivity contribution in [2.24, 2.45) is 0 Å². The number of methoxy groups -OCH3 is 1. The maximum atomic E-state index is 11.7. The second kappa shape index (κ2) is 7.79. The number of amides is 2. The number of carbonyl (C=O) groups is 2. The molecule has 0 spiro atoms. The molecule has 0 atom stereocenters. The highest BCUT2D eigenvalue weighted by Gasteiger charge is 2.14. The molecule has 0 saturated carbocycles. The summed E-state index contributed by atoms with van der Waals surface area (Å²) in [6.45, 7) is 0.309. The minimum Gasteiger partial charge on any atom is -0.497 e. The second-order valence-corrected chi connectivity index (χ2v) is 4.73. The number of aromatic nitrogens is 1. The molecule has 23 heavy (non-hydrogen) atoms. The van der Waals surface area contributed by atoms with Gasteiger partial charge >= 0.3 is 11.8 Å². The van der Waals surface area contributed by atoms with Gasteiger partial charge in [-0.3, -0.25) is 14.4 Å². The third kappa shape index (κ3) is 4.70. The van der Waals surface area contributed by atoms with Crippen LogP contribution in [-0.2, 0) is 16.0 Å².